The number of rotatable bonds is 8. The highest BCUT2D eigenvalue weighted by Gasteiger charge is 2.43. The average Bonchev–Trinajstić information content (AvgIpc) is 3.40. The van der Waals surface area contributed by atoms with Gasteiger partial charge in [-0.05, 0) is 39.0 Å². The lowest BCUT2D eigenvalue weighted by atomic mass is 9.77. The minimum Gasteiger partial charge on any atom is -0.465 e. The molecule has 2 aliphatic rings. The molecule has 0 unspecified atom stereocenters. The molecule has 0 bridgehead atoms. The number of hydrogen-bond donors (Lipinski definition) is 1. The number of thiazole rings is 1. The highest BCUT2D eigenvalue weighted by molar-refractivity contribution is 8.01. The first-order valence-corrected chi connectivity index (χ1v) is 12.7. The van der Waals surface area contributed by atoms with Crippen molar-refractivity contribution in [2.75, 3.05) is 17.7 Å². The third kappa shape index (κ3) is 5.66. The third-order valence-corrected chi connectivity index (χ3v) is 8.28. The molecule has 2 aliphatic carbocycles. The molecular formula is C21H33N3O3S2. The second kappa shape index (κ2) is 10.7. The molecule has 162 valence electrons. The van der Waals surface area contributed by atoms with Crippen LogP contribution in [-0.2, 0) is 9.53 Å². The second-order valence-electron chi connectivity index (χ2n) is 7.96. The predicted octanol–water partition coefficient (Wildman–Crippen LogP) is 5.69. The van der Waals surface area contributed by atoms with Crippen LogP contribution in [0.2, 0.25) is 0 Å². The van der Waals surface area contributed by atoms with Crippen molar-refractivity contribution in [2.45, 2.75) is 93.8 Å². The maximum Gasteiger partial charge on any atom is 0.324 e. The topological polar surface area (TPSA) is 71.5 Å². The number of hydrogen-bond acceptors (Lipinski definition) is 6. The van der Waals surface area contributed by atoms with Crippen LogP contribution in [0.3, 0.4) is 0 Å². The molecule has 0 atom stereocenters. The number of urea groups is 1. The van der Waals surface area contributed by atoms with E-state index in [2.05, 4.69) is 22.1 Å². The first-order valence-electron chi connectivity index (χ1n) is 10.9. The third-order valence-electron chi connectivity index (χ3n) is 6.20. The lowest BCUT2D eigenvalue weighted by Gasteiger charge is -2.49. The van der Waals surface area contributed by atoms with Crippen LogP contribution >= 0.6 is 23.1 Å². The Balaban J connectivity index is 1.68. The average molecular weight is 440 g/mol. The number of aromatic nitrogens is 1. The Morgan fingerprint density at radius 1 is 1.24 bits per heavy atom. The van der Waals surface area contributed by atoms with E-state index in [9.17, 15) is 9.59 Å². The molecule has 0 aliphatic heterocycles. The fourth-order valence-electron chi connectivity index (χ4n) is 4.77. The second-order valence-corrected chi connectivity index (χ2v) is 10.3. The fourth-order valence-corrected chi connectivity index (χ4v) is 6.43. The number of anilines is 1. The van der Waals surface area contributed by atoms with Gasteiger partial charge in [-0.2, -0.15) is 0 Å². The Morgan fingerprint density at radius 3 is 2.62 bits per heavy atom. The normalized spacial score (nSPS) is 19.1. The van der Waals surface area contributed by atoms with Crippen LogP contribution in [0, 0.1) is 0 Å². The zero-order valence-corrected chi connectivity index (χ0v) is 19.2. The van der Waals surface area contributed by atoms with E-state index in [0.29, 0.717) is 17.8 Å². The van der Waals surface area contributed by atoms with Crippen molar-refractivity contribution < 1.29 is 14.3 Å². The molecule has 0 radical (unpaired) electrons. The number of amides is 2. The molecule has 1 heterocycles. The van der Waals surface area contributed by atoms with Gasteiger partial charge in [0.05, 0.1) is 22.8 Å². The SMILES string of the molecule is CCOC(=O)CSc1cnc(NC(=O)N(C2CCCC2)C2(CC)CCCCC2)s1. The van der Waals surface area contributed by atoms with Crippen LogP contribution in [0.1, 0.15) is 78.1 Å². The van der Waals surface area contributed by atoms with Crippen LogP contribution in [0.25, 0.3) is 0 Å². The molecule has 6 nitrogen and oxygen atoms in total. The van der Waals surface area contributed by atoms with Crippen LogP contribution in [0.5, 0.6) is 0 Å². The van der Waals surface area contributed by atoms with Crippen molar-refractivity contribution >= 4 is 40.2 Å². The quantitative estimate of drug-likeness (QED) is 0.416. The largest absolute Gasteiger partial charge is 0.465 e. The number of carbonyl (C=O) groups excluding carboxylic acids is 2. The summed E-state index contributed by atoms with van der Waals surface area (Å²) in [6.07, 6.45) is 13.2. The number of esters is 1. The van der Waals surface area contributed by atoms with E-state index in [4.69, 9.17) is 4.74 Å². The van der Waals surface area contributed by atoms with E-state index >= 15 is 0 Å². The number of nitrogens with zero attached hydrogens (tertiary/aromatic N) is 2. The van der Waals surface area contributed by atoms with Crippen molar-refractivity contribution in [3.63, 3.8) is 0 Å². The number of ether oxygens (including phenoxy) is 1. The highest BCUT2D eigenvalue weighted by Crippen LogP contribution is 2.41. The Kier molecular flexibility index (Phi) is 8.24. The van der Waals surface area contributed by atoms with E-state index in [1.807, 2.05) is 0 Å². The maximum atomic E-state index is 13.4. The Labute approximate surface area is 182 Å². The van der Waals surface area contributed by atoms with Crippen molar-refractivity contribution in [1.29, 1.82) is 0 Å². The smallest absolute Gasteiger partial charge is 0.324 e. The summed E-state index contributed by atoms with van der Waals surface area (Å²) in [5, 5.41) is 3.68. The van der Waals surface area contributed by atoms with Gasteiger partial charge in [0, 0.05) is 11.6 Å². The van der Waals surface area contributed by atoms with E-state index in [1.54, 1.807) is 13.1 Å². The van der Waals surface area contributed by atoms with E-state index in [0.717, 1.165) is 36.3 Å². The van der Waals surface area contributed by atoms with Gasteiger partial charge in [0.2, 0.25) is 0 Å². The monoisotopic (exact) mass is 439 g/mol. The maximum absolute atomic E-state index is 13.4. The molecule has 2 fully saturated rings. The van der Waals surface area contributed by atoms with Crippen molar-refractivity contribution in [1.82, 2.24) is 9.88 Å². The van der Waals surface area contributed by atoms with Gasteiger partial charge in [-0.1, -0.05) is 50.4 Å². The zero-order valence-electron chi connectivity index (χ0n) is 17.6. The number of nitrogens with one attached hydrogen (secondary N) is 1. The Bertz CT molecular complexity index is 682. The van der Waals surface area contributed by atoms with Gasteiger partial charge in [-0.25, -0.2) is 9.78 Å². The summed E-state index contributed by atoms with van der Waals surface area (Å²) in [5.74, 6) is 0.0300. The molecule has 0 spiro atoms. The summed E-state index contributed by atoms with van der Waals surface area (Å²) < 4.78 is 5.87. The lowest BCUT2D eigenvalue weighted by Crippen LogP contribution is -2.57. The lowest BCUT2D eigenvalue weighted by molar-refractivity contribution is -0.139. The van der Waals surface area contributed by atoms with Gasteiger partial charge in [0.25, 0.3) is 0 Å². The van der Waals surface area contributed by atoms with Crippen molar-refractivity contribution in [3.8, 4) is 0 Å². The minimum absolute atomic E-state index is 0.00283. The summed E-state index contributed by atoms with van der Waals surface area (Å²) in [4.78, 5) is 31.5. The van der Waals surface area contributed by atoms with Crippen LogP contribution < -0.4 is 5.32 Å². The first-order chi connectivity index (χ1) is 14.1. The molecule has 3 rings (SSSR count). The molecule has 0 saturated heterocycles. The molecular weight excluding hydrogens is 406 g/mol. The number of thioether (sulfide) groups is 1. The van der Waals surface area contributed by atoms with E-state index in [-0.39, 0.29) is 23.3 Å². The highest BCUT2D eigenvalue weighted by atomic mass is 32.2. The first kappa shape index (κ1) is 22.4. The summed E-state index contributed by atoms with van der Waals surface area (Å²) in [5.41, 5.74) is -0.0178. The standard InChI is InChI=1S/C21H33N3O3S2/c1-3-21(12-8-5-9-13-21)24(16-10-6-7-11-16)20(26)23-19-22-14-18(29-19)28-15-17(25)27-4-2/h14,16H,3-13,15H2,1-2H3,(H,22,23,26). The van der Waals surface area contributed by atoms with Crippen molar-refractivity contribution in [3.05, 3.63) is 6.20 Å². The van der Waals surface area contributed by atoms with Gasteiger partial charge in [0.15, 0.2) is 5.13 Å². The van der Waals surface area contributed by atoms with Crippen LogP contribution in [0.15, 0.2) is 10.4 Å². The van der Waals surface area contributed by atoms with Gasteiger partial charge in [0.1, 0.15) is 0 Å². The molecule has 1 N–H and O–H groups in total. The predicted molar refractivity (Wildman–Crippen MR) is 119 cm³/mol. The van der Waals surface area contributed by atoms with Gasteiger partial charge < -0.3 is 9.64 Å². The molecule has 0 aromatic carbocycles. The molecule has 29 heavy (non-hydrogen) atoms. The van der Waals surface area contributed by atoms with Crippen LogP contribution in [0.4, 0.5) is 9.93 Å². The van der Waals surface area contributed by atoms with Gasteiger partial charge in [-0.3, -0.25) is 10.1 Å². The fraction of sp³-hybridized carbons (Fsp3) is 0.762. The zero-order chi connectivity index (χ0) is 20.7. The van der Waals surface area contributed by atoms with E-state index in [1.165, 1.54) is 55.2 Å². The number of carbonyl (C=O) groups is 2. The Hall–Kier alpha value is -1.28. The molecule has 8 heteroatoms. The summed E-state index contributed by atoms with van der Waals surface area (Å²) >= 11 is 2.82. The van der Waals surface area contributed by atoms with Gasteiger partial charge >= 0.3 is 12.0 Å². The van der Waals surface area contributed by atoms with E-state index < -0.39 is 0 Å². The Morgan fingerprint density at radius 2 is 1.97 bits per heavy atom. The molecule has 1 aromatic heterocycles. The summed E-state index contributed by atoms with van der Waals surface area (Å²) in [6.45, 7) is 4.42. The summed E-state index contributed by atoms with van der Waals surface area (Å²) in [6, 6.07) is 0.336. The molecule has 1 aromatic rings. The molecule has 2 saturated carbocycles. The van der Waals surface area contributed by atoms with Gasteiger partial charge in [-0.15, -0.1) is 11.8 Å². The van der Waals surface area contributed by atoms with Crippen molar-refractivity contribution in [2.24, 2.45) is 0 Å². The minimum atomic E-state index is -0.230. The van der Waals surface area contributed by atoms with Crippen LogP contribution in [-0.4, -0.2) is 45.8 Å². The molecule has 2 amide bonds. The summed E-state index contributed by atoms with van der Waals surface area (Å²) in [7, 11) is 0.